The molecule has 0 aromatic carbocycles. The maximum Gasteiger partial charge on any atom is 0.273 e. The van der Waals surface area contributed by atoms with E-state index in [1.165, 1.54) is 12.1 Å². The second kappa shape index (κ2) is 5.78. The van der Waals surface area contributed by atoms with Crippen LogP contribution in [0.15, 0.2) is 21.6 Å². The molecular weight excluding hydrogens is 234 g/mol. The van der Waals surface area contributed by atoms with Gasteiger partial charge in [0.2, 0.25) is 5.09 Å². The fraction of sp³-hybridized carbons (Fsp3) is 0.444. The van der Waals surface area contributed by atoms with Crippen LogP contribution in [0.1, 0.15) is 23.4 Å². The molecule has 7 heteroatoms. The number of carbonyl (C=O) groups excluding carboxylic acids is 1. The molecule has 1 heterocycles. The molecule has 90 valence electrons. The molecule has 1 rings (SSSR count). The number of hydrogen-bond acceptors (Lipinski definition) is 5. The molecule has 6 nitrogen and oxygen atoms in total. The van der Waals surface area contributed by atoms with Gasteiger partial charge in [0, 0.05) is 13.2 Å². The number of hydrogen-bond donors (Lipinski definition) is 2. The van der Waals surface area contributed by atoms with Gasteiger partial charge in [-0.15, -0.1) is 0 Å². The minimum absolute atomic E-state index is 0.0256. The fourth-order valence-electron chi connectivity index (χ4n) is 1.06. The van der Waals surface area contributed by atoms with Gasteiger partial charge in [0.05, 0.1) is 0 Å². The summed E-state index contributed by atoms with van der Waals surface area (Å²) in [5, 5.41) is 8.23. The summed E-state index contributed by atoms with van der Waals surface area (Å²) in [7, 11) is -3.69. The summed E-state index contributed by atoms with van der Waals surface area (Å²) >= 11 is 0. The van der Waals surface area contributed by atoms with Crippen LogP contribution in [-0.4, -0.2) is 33.0 Å². The Bertz CT molecular complexity index is 437. The number of aliphatic hydroxyl groups excluding tert-OH is 1. The van der Waals surface area contributed by atoms with Crippen molar-refractivity contribution < 1.29 is 22.7 Å². The molecule has 0 fully saturated rings. The Morgan fingerprint density at radius 3 is 2.69 bits per heavy atom. The van der Waals surface area contributed by atoms with Crippen molar-refractivity contribution in [1.29, 1.82) is 0 Å². The van der Waals surface area contributed by atoms with Crippen LogP contribution in [-0.2, 0) is 10.0 Å². The van der Waals surface area contributed by atoms with E-state index in [1.54, 1.807) is 0 Å². The molecule has 0 aliphatic carbocycles. The summed E-state index contributed by atoms with van der Waals surface area (Å²) in [6.07, 6.45) is 1.50. The van der Waals surface area contributed by atoms with Gasteiger partial charge < -0.3 is 9.52 Å². The molecule has 0 atom stereocenters. The smallest absolute Gasteiger partial charge is 0.273 e. The summed E-state index contributed by atoms with van der Waals surface area (Å²) in [5.41, 5.74) is 0. The molecule has 0 saturated heterocycles. The zero-order chi connectivity index (χ0) is 12.0. The largest absolute Gasteiger partial charge is 0.440 e. The normalized spacial score (nSPS) is 11.6. The summed E-state index contributed by atoms with van der Waals surface area (Å²) in [4.78, 5) is 10.3. The van der Waals surface area contributed by atoms with Crippen LogP contribution in [0.2, 0.25) is 0 Å². The van der Waals surface area contributed by atoms with Crippen LogP contribution in [0.3, 0.4) is 0 Å². The van der Waals surface area contributed by atoms with E-state index in [4.69, 9.17) is 9.52 Å². The highest BCUT2D eigenvalue weighted by Crippen LogP contribution is 2.12. The van der Waals surface area contributed by atoms with Crippen molar-refractivity contribution in [2.24, 2.45) is 0 Å². The Morgan fingerprint density at radius 2 is 2.12 bits per heavy atom. The first-order chi connectivity index (χ1) is 7.60. The topological polar surface area (TPSA) is 96.6 Å². The van der Waals surface area contributed by atoms with E-state index in [0.717, 1.165) is 0 Å². The Morgan fingerprint density at radius 1 is 1.38 bits per heavy atom. The molecule has 0 radical (unpaired) electrons. The monoisotopic (exact) mass is 247 g/mol. The van der Waals surface area contributed by atoms with Gasteiger partial charge in [-0.3, -0.25) is 4.79 Å². The van der Waals surface area contributed by atoms with E-state index < -0.39 is 10.0 Å². The van der Waals surface area contributed by atoms with E-state index >= 15 is 0 Å². The molecule has 0 bridgehead atoms. The second-order valence-corrected chi connectivity index (χ2v) is 4.80. The molecular formula is C9H13NO5S. The molecule has 16 heavy (non-hydrogen) atoms. The van der Waals surface area contributed by atoms with E-state index in [-0.39, 0.29) is 24.0 Å². The van der Waals surface area contributed by atoms with Crippen molar-refractivity contribution in [2.45, 2.75) is 17.9 Å². The molecule has 0 unspecified atom stereocenters. The quantitative estimate of drug-likeness (QED) is 0.528. The molecule has 0 aliphatic heterocycles. The summed E-state index contributed by atoms with van der Waals surface area (Å²) < 4.78 is 30.2. The first kappa shape index (κ1) is 12.9. The predicted octanol–water partition coefficient (Wildman–Crippen LogP) is 0.143. The van der Waals surface area contributed by atoms with E-state index in [1.807, 2.05) is 0 Å². The zero-order valence-corrected chi connectivity index (χ0v) is 9.37. The van der Waals surface area contributed by atoms with E-state index in [0.29, 0.717) is 19.1 Å². The molecule has 0 aliphatic rings. The van der Waals surface area contributed by atoms with Gasteiger partial charge in [-0.2, -0.15) is 0 Å². The van der Waals surface area contributed by atoms with Crippen LogP contribution >= 0.6 is 0 Å². The van der Waals surface area contributed by atoms with Crippen LogP contribution in [0.5, 0.6) is 0 Å². The highest BCUT2D eigenvalue weighted by Gasteiger charge is 2.17. The van der Waals surface area contributed by atoms with Gasteiger partial charge in [0.15, 0.2) is 12.0 Å². The van der Waals surface area contributed by atoms with Gasteiger partial charge in [-0.05, 0) is 25.0 Å². The fourth-order valence-corrected chi connectivity index (χ4v) is 2.07. The Labute approximate surface area is 93.3 Å². The Balaban J connectivity index is 2.59. The lowest BCUT2D eigenvalue weighted by molar-refractivity contribution is 0.109. The van der Waals surface area contributed by atoms with Crippen LogP contribution < -0.4 is 4.72 Å². The number of aliphatic hydroxyl groups is 1. The number of rotatable bonds is 7. The third kappa shape index (κ3) is 3.44. The van der Waals surface area contributed by atoms with E-state index in [9.17, 15) is 13.2 Å². The summed E-state index contributed by atoms with van der Waals surface area (Å²) in [5.74, 6) is -0.0317. The Hall–Kier alpha value is -1.18. The third-order valence-corrected chi connectivity index (χ3v) is 3.19. The molecule has 0 spiro atoms. The lowest BCUT2D eigenvalue weighted by Crippen LogP contribution is -2.24. The second-order valence-electron chi connectivity index (χ2n) is 3.10. The average molecular weight is 247 g/mol. The summed E-state index contributed by atoms with van der Waals surface area (Å²) in [6, 6.07) is 2.51. The molecule has 0 amide bonds. The van der Waals surface area contributed by atoms with Gasteiger partial charge in [0.1, 0.15) is 0 Å². The maximum absolute atomic E-state index is 11.5. The van der Waals surface area contributed by atoms with Gasteiger partial charge in [-0.1, -0.05) is 0 Å². The Kier molecular flexibility index (Phi) is 4.66. The average Bonchev–Trinajstić information content (AvgIpc) is 2.73. The summed E-state index contributed by atoms with van der Waals surface area (Å²) in [6.45, 7) is 0.248. The van der Waals surface area contributed by atoms with Crippen molar-refractivity contribution in [1.82, 2.24) is 4.72 Å². The zero-order valence-electron chi connectivity index (χ0n) is 8.55. The standard InChI is InChI=1S/C9H13NO5S/c11-6-2-1-5-10-16(13,14)9-4-3-8(7-12)15-9/h3-4,7,10-11H,1-2,5-6H2. The number of nitrogens with one attached hydrogen (secondary N) is 1. The number of sulfonamides is 1. The van der Waals surface area contributed by atoms with Crippen LogP contribution in [0.4, 0.5) is 0 Å². The molecule has 1 aromatic rings. The lowest BCUT2D eigenvalue weighted by atomic mass is 10.3. The van der Waals surface area contributed by atoms with Gasteiger partial charge in [0.25, 0.3) is 10.0 Å². The first-order valence-electron chi connectivity index (χ1n) is 4.75. The van der Waals surface area contributed by atoms with Crippen molar-refractivity contribution in [3.8, 4) is 0 Å². The SMILES string of the molecule is O=Cc1ccc(S(=O)(=O)NCCCCO)o1. The minimum Gasteiger partial charge on any atom is -0.440 e. The first-order valence-corrected chi connectivity index (χ1v) is 6.24. The van der Waals surface area contributed by atoms with Crippen molar-refractivity contribution >= 4 is 16.3 Å². The maximum atomic E-state index is 11.5. The molecule has 1 aromatic heterocycles. The van der Waals surface area contributed by atoms with Crippen molar-refractivity contribution in [2.75, 3.05) is 13.2 Å². The van der Waals surface area contributed by atoms with Crippen molar-refractivity contribution in [3.63, 3.8) is 0 Å². The van der Waals surface area contributed by atoms with Crippen LogP contribution in [0, 0.1) is 0 Å². The van der Waals surface area contributed by atoms with Crippen molar-refractivity contribution in [3.05, 3.63) is 17.9 Å². The number of carbonyl (C=O) groups is 1. The number of furan rings is 1. The molecule has 2 N–H and O–H groups in total. The number of aldehydes is 1. The van der Waals surface area contributed by atoms with Gasteiger partial charge in [-0.25, -0.2) is 13.1 Å². The van der Waals surface area contributed by atoms with E-state index in [2.05, 4.69) is 4.72 Å². The predicted molar refractivity (Wildman–Crippen MR) is 55.6 cm³/mol. The minimum atomic E-state index is -3.69. The van der Waals surface area contributed by atoms with Gasteiger partial charge >= 0.3 is 0 Å². The highest BCUT2D eigenvalue weighted by atomic mass is 32.2. The van der Waals surface area contributed by atoms with Crippen LogP contribution in [0.25, 0.3) is 0 Å². The highest BCUT2D eigenvalue weighted by molar-refractivity contribution is 7.89. The molecule has 0 saturated carbocycles. The number of unbranched alkanes of at least 4 members (excludes halogenated alkanes) is 1. The third-order valence-electron chi connectivity index (χ3n) is 1.86. The lowest BCUT2D eigenvalue weighted by Gasteiger charge is -2.02.